The molecule has 1 aromatic heterocycles. The highest BCUT2D eigenvalue weighted by Gasteiger charge is 2.13. The zero-order valence-electron chi connectivity index (χ0n) is 16.8. The van der Waals surface area contributed by atoms with Gasteiger partial charge in [0.05, 0.1) is 10.4 Å². The molecule has 0 amide bonds. The van der Waals surface area contributed by atoms with Crippen molar-refractivity contribution in [3.8, 4) is 11.1 Å². The predicted octanol–water partition coefficient (Wildman–Crippen LogP) is 5.34. The van der Waals surface area contributed by atoms with E-state index in [0.717, 1.165) is 27.7 Å². The Hall–Kier alpha value is -2.93. The maximum Gasteiger partial charge on any atom is 0.240 e. The summed E-state index contributed by atoms with van der Waals surface area (Å²) < 4.78 is 27.8. The summed E-state index contributed by atoms with van der Waals surface area (Å²) in [6.45, 7) is 0.960. The van der Waals surface area contributed by atoms with E-state index < -0.39 is 10.0 Å². The van der Waals surface area contributed by atoms with Crippen LogP contribution < -0.4 is 10.0 Å². The van der Waals surface area contributed by atoms with Crippen LogP contribution in [0.3, 0.4) is 0 Å². The number of pyridine rings is 1. The highest BCUT2D eigenvalue weighted by molar-refractivity contribution is 7.89. The number of nitrogens with zero attached hydrogens (tertiary/aromatic N) is 1. The summed E-state index contributed by atoms with van der Waals surface area (Å²) in [6, 6.07) is 24.3. The van der Waals surface area contributed by atoms with Gasteiger partial charge in [-0.3, -0.25) is 4.98 Å². The number of fused-ring (bicyclic) bond motifs is 1. The lowest BCUT2D eigenvalue weighted by molar-refractivity contribution is 0.580. The van der Waals surface area contributed by atoms with Crippen LogP contribution in [0.2, 0.25) is 5.02 Å². The van der Waals surface area contributed by atoms with Crippen molar-refractivity contribution in [3.05, 3.63) is 90.1 Å². The van der Waals surface area contributed by atoms with Crippen molar-refractivity contribution < 1.29 is 8.42 Å². The molecule has 0 saturated heterocycles. The zero-order valence-corrected chi connectivity index (χ0v) is 18.3. The van der Waals surface area contributed by atoms with Crippen molar-refractivity contribution in [2.24, 2.45) is 0 Å². The second-order valence-corrected chi connectivity index (χ2v) is 9.29. The van der Waals surface area contributed by atoms with Gasteiger partial charge in [0.1, 0.15) is 0 Å². The summed E-state index contributed by atoms with van der Waals surface area (Å²) in [7, 11) is -3.55. The van der Waals surface area contributed by atoms with Gasteiger partial charge in [0.15, 0.2) is 0 Å². The molecule has 0 fully saturated rings. The molecule has 0 bridgehead atoms. The first-order valence-electron chi connectivity index (χ1n) is 9.96. The second kappa shape index (κ2) is 9.47. The van der Waals surface area contributed by atoms with Gasteiger partial charge in [-0.05, 0) is 53.9 Å². The zero-order chi connectivity index (χ0) is 21.7. The van der Waals surface area contributed by atoms with E-state index in [1.54, 1.807) is 18.3 Å². The molecule has 0 aliphatic rings. The number of halogens is 1. The number of anilines is 1. The number of hydrogen-bond donors (Lipinski definition) is 2. The first kappa shape index (κ1) is 21.3. The van der Waals surface area contributed by atoms with Gasteiger partial charge in [-0.25, -0.2) is 13.1 Å². The Morgan fingerprint density at radius 1 is 0.839 bits per heavy atom. The quantitative estimate of drug-likeness (QED) is 0.355. The van der Waals surface area contributed by atoms with Gasteiger partial charge in [0.25, 0.3) is 0 Å². The van der Waals surface area contributed by atoms with Gasteiger partial charge in [-0.15, -0.1) is 0 Å². The van der Waals surface area contributed by atoms with Crippen LogP contribution in [0, 0.1) is 0 Å². The number of sulfonamides is 1. The molecule has 0 aliphatic heterocycles. The monoisotopic (exact) mass is 451 g/mol. The Kier molecular flexibility index (Phi) is 6.51. The number of hydrogen-bond acceptors (Lipinski definition) is 4. The van der Waals surface area contributed by atoms with Gasteiger partial charge >= 0.3 is 0 Å². The molecule has 5 nitrogen and oxygen atoms in total. The average molecular weight is 452 g/mol. The smallest absolute Gasteiger partial charge is 0.240 e. The minimum atomic E-state index is -3.55. The van der Waals surface area contributed by atoms with E-state index in [4.69, 9.17) is 11.6 Å². The van der Waals surface area contributed by atoms with Crippen molar-refractivity contribution in [2.75, 3.05) is 18.4 Å². The largest absolute Gasteiger partial charge is 0.384 e. The number of nitrogens with one attached hydrogen (secondary N) is 2. The molecular formula is C24H22ClN3O2S. The molecule has 1 heterocycles. The number of aromatic nitrogens is 1. The minimum absolute atomic E-state index is 0.261. The van der Waals surface area contributed by atoms with Crippen molar-refractivity contribution in [3.63, 3.8) is 0 Å². The van der Waals surface area contributed by atoms with Gasteiger partial charge in [-0.1, -0.05) is 54.1 Å². The van der Waals surface area contributed by atoms with E-state index in [0.29, 0.717) is 24.5 Å². The highest BCUT2D eigenvalue weighted by Crippen LogP contribution is 2.24. The molecule has 0 aliphatic carbocycles. The lowest BCUT2D eigenvalue weighted by Gasteiger charge is -2.11. The van der Waals surface area contributed by atoms with E-state index in [9.17, 15) is 8.42 Å². The fourth-order valence-corrected chi connectivity index (χ4v) is 4.57. The Labute approximate surface area is 187 Å². The summed E-state index contributed by atoms with van der Waals surface area (Å²) in [5.41, 5.74) is 3.80. The van der Waals surface area contributed by atoms with Crippen LogP contribution in [0.1, 0.15) is 6.42 Å². The molecule has 0 radical (unpaired) electrons. The normalized spacial score (nSPS) is 11.5. The van der Waals surface area contributed by atoms with Crippen molar-refractivity contribution in [2.45, 2.75) is 11.3 Å². The van der Waals surface area contributed by atoms with E-state index in [1.807, 2.05) is 66.7 Å². The maximum absolute atomic E-state index is 12.6. The third kappa shape index (κ3) is 5.22. The average Bonchev–Trinajstić information content (AvgIpc) is 2.79. The van der Waals surface area contributed by atoms with Crippen LogP contribution in [0.15, 0.2) is 90.0 Å². The topological polar surface area (TPSA) is 71.1 Å². The van der Waals surface area contributed by atoms with Crippen LogP contribution in [-0.4, -0.2) is 26.5 Å². The van der Waals surface area contributed by atoms with E-state index in [-0.39, 0.29) is 4.90 Å². The van der Waals surface area contributed by atoms with Crippen LogP contribution in [-0.2, 0) is 10.0 Å². The van der Waals surface area contributed by atoms with Crippen LogP contribution in [0.4, 0.5) is 5.69 Å². The van der Waals surface area contributed by atoms with Crippen molar-refractivity contribution in [1.29, 1.82) is 0 Å². The fraction of sp³-hybridized carbons (Fsp3) is 0.125. The standard InChI is InChI=1S/C24H22ClN3O2S/c25-20-9-12-22-23(13-16-27-24(22)17-20)26-14-4-15-28-31(29,30)21-10-7-19(8-11-21)18-5-2-1-3-6-18/h1-3,5-13,16-17,28H,4,14-15H2,(H,26,27). The van der Waals surface area contributed by atoms with Crippen molar-refractivity contribution >= 4 is 38.2 Å². The molecule has 0 unspecified atom stereocenters. The molecule has 4 rings (SSSR count). The summed E-state index contributed by atoms with van der Waals surface area (Å²) in [5.74, 6) is 0. The third-order valence-electron chi connectivity index (χ3n) is 4.94. The molecule has 4 aromatic rings. The SMILES string of the molecule is O=S(=O)(NCCCNc1ccnc2cc(Cl)ccc12)c1ccc(-c2ccccc2)cc1. The molecule has 7 heteroatoms. The Morgan fingerprint density at radius 3 is 2.35 bits per heavy atom. The molecule has 158 valence electrons. The molecule has 0 spiro atoms. The number of benzene rings is 3. The predicted molar refractivity (Wildman–Crippen MR) is 127 cm³/mol. The minimum Gasteiger partial charge on any atom is -0.384 e. The lowest BCUT2D eigenvalue weighted by Crippen LogP contribution is -2.26. The van der Waals surface area contributed by atoms with E-state index in [2.05, 4.69) is 15.0 Å². The molecular weight excluding hydrogens is 430 g/mol. The van der Waals surface area contributed by atoms with Gasteiger partial charge in [0, 0.05) is 35.4 Å². The number of rotatable bonds is 8. The second-order valence-electron chi connectivity index (χ2n) is 7.09. The Balaban J connectivity index is 1.31. The first-order chi connectivity index (χ1) is 15.0. The molecule has 2 N–H and O–H groups in total. The summed E-state index contributed by atoms with van der Waals surface area (Å²) in [5, 5.41) is 4.96. The fourth-order valence-electron chi connectivity index (χ4n) is 3.33. The Bertz CT molecular complexity index is 1280. The summed E-state index contributed by atoms with van der Waals surface area (Å²) >= 11 is 6.02. The Morgan fingerprint density at radius 2 is 1.58 bits per heavy atom. The van der Waals surface area contributed by atoms with Crippen LogP contribution >= 0.6 is 11.6 Å². The van der Waals surface area contributed by atoms with Crippen LogP contribution in [0.5, 0.6) is 0 Å². The maximum atomic E-state index is 12.6. The summed E-state index contributed by atoms with van der Waals surface area (Å²) in [6.07, 6.45) is 2.36. The molecule has 3 aromatic carbocycles. The molecule has 0 atom stereocenters. The van der Waals surface area contributed by atoms with Gasteiger partial charge in [-0.2, -0.15) is 0 Å². The van der Waals surface area contributed by atoms with E-state index >= 15 is 0 Å². The van der Waals surface area contributed by atoms with Crippen molar-refractivity contribution in [1.82, 2.24) is 9.71 Å². The van der Waals surface area contributed by atoms with Crippen LogP contribution in [0.25, 0.3) is 22.0 Å². The lowest BCUT2D eigenvalue weighted by atomic mass is 10.1. The van der Waals surface area contributed by atoms with Gasteiger partial charge < -0.3 is 5.32 Å². The first-order valence-corrected chi connectivity index (χ1v) is 11.8. The van der Waals surface area contributed by atoms with E-state index in [1.165, 1.54) is 0 Å². The molecule has 0 saturated carbocycles. The summed E-state index contributed by atoms with van der Waals surface area (Å²) in [4.78, 5) is 4.58. The molecule has 31 heavy (non-hydrogen) atoms. The third-order valence-corrected chi connectivity index (χ3v) is 6.65. The van der Waals surface area contributed by atoms with Gasteiger partial charge in [0.2, 0.25) is 10.0 Å². The highest BCUT2D eigenvalue weighted by atomic mass is 35.5.